The van der Waals surface area contributed by atoms with Crippen molar-refractivity contribution in [2.45, 2.75) is 25.3 Å². The first-order valence-electron chi connectivity index (χ1n) is 11.6. The maximum Gasteiger partial charge on any atom is 0.254 e. The maximum absolute atomic E-state index is 13.4. The van der Waals surface area contributed by atoms with Crippen molar-refractivity contribution in [2.24, 2.45) is 5.92 Å². The molecule has 2 aliphatic heterocycles. The number of para-hydroxylation sites is 1. The number of hydrogen-bond donors (Lipinski definition) is 1. The van der Waals surface area contributed by atoms with Gasteiger partial charge >= 0.3 is 0 Å². The molecule has 2 aromatic carbocycles. The molecule has 1 N–H and O–H groups in total. The zero-order valence-corrected chi connectivity index (χ0v) is 18.3. The lowest BCUT2D eigenvalue weighted by molar-refractivity contribution is 0.0461. The van der Waals surface area contributed by atoms with Gasteiger partial charge in [0.1, 0.15) is 12.4 Å². The van der Waals surface area contributed by atoms with Gasteiger partial charge in [0.2, 0.25) is 0 Å². The van der Waals surface area contributed by atoms with Crippen molar-refractivity contribution < 1.29 is 9.53 Å². The van der Waals surface area contributed by atoms with Crippen molar-refractivity contribution in [3.05, 3.63) is 83.9 Å². The monoisotopic (exact) mass is 430 g/mol. The first-order chi connectivity index (χ1) is 15.8. The molecule has 1 amide bonds. The Bertz CT molecular complexity index is 1010. The minimum absolute atomic E-state index is 0.0421. The summed E-state index contributed by atoms with van der Waals surface area (Å²) in [6.45, 7) is 4.39. The van der Waals surface area contributed by atoms with E-state index < -0.39 is 0 Å². The molecule has 0 bridgehead atoms. The van der Waals surface area contributed by atoms with Crippen LogP contribution in [0.4, 0.5) is 0 Å². The standard InChI is InChI=1S/C26H30N4O2/c31-26(21-7-3-1-4-8-21)30-16-13-23-24(28-19-27-23)25(30)20-11-14-29(15-12-20)17-18-32-22-9-5-2-6-10-22/h1-10,19-20,25H,11-18H2,(H,27,28). The summed E-state index contributed by atoms with van der Waals surface area (Å²) >= 11 is 0. The molecule has 1 saturated heterocycles. The van der Waals surface area contributed by atoms with E-state index in [9.17, 15) is 4.79 Å². The van der Waals surface area contributed by atoms with Gasteiger partial charge in [-0.2, -0.15) is 0 Å². The summed E-state index contributed by atoms with van der Waals surface area (Å²) in [4.78, 5) is 25.9. The summed E-state index contributed by atoms with van der Waals surface area (Å²) in [5.74, 6) is 1.45. The third kappa shape index (κ3) is 4.41. The number of nitrogens with zero attached hydrogens (tertiary/aromatic N) is 3. The maximum atomic E-state index is 13.4. The average molecular weight is 431 g/mol. The van der Waals surface area contributed by atoms with Gasteiger partial charge in [-0.1, -0.05) is 36.4 Å². The molecule has 6 heteroatoms. The van der Waals surface area contributed by atoms with E-state index in [1.807, 2.05) is 60.7 Å². The molecule has 3 aromatic rings. The number of aromatic nitrogens is 2. The topological polar surface area (TPSA) is 61.5 Å². The molecule has 5 rings (SSSR count). The van der Waals surface area contributed by atoms with E-state index in [1.54, 1.807) is 6.33 Å². The molecular weight excluding hydrogens is 400 g/mol. The number of imidazole rings is 1. The Hall–Kier alpha value is -3.12. The zero-order chi connectivity index (χ0) is 21.8. The summed E-state index contributed by atoms with van der Waals surface area (Å²) in [6, 6.07) is 19.7. The Morgan fingerprint density at radius 3 is 2.47 bits per heavy atom. The lowest BCUT2D eigenvalue weighted by atomic mass is 9.83. The zero-order valence-electron chi connectivity index (χ0n) is 18.3. The Labute approximate surface area is 189 Å². The second-order valence-electron chi connectivity index (χ2n) is 8.67. The number of ether oxygens (including phenoxy) is 1. The van der Waals surface area contributed by atoms with Crippen LogP contribution in [0.25, 0.3) is 0 Å². The van der Waals surface area contributed by atoms with Crippen LogP contribution >= 0.6 is 0 Å². The van der Waals surface area contributed by atoms with Crippen molar-refractivity contribution in [3.8, 4) is 5.75 Å². The third-order valence-electron chi connectivity index (χ3n) is 6.75. The number of rotatable bonds is 6. The van der Waals surface area contributed by atoms with Crippen molar-refractivity contribution in [1.29, 1.82) is 0 Å². The van der Waals surface area contributed by atoms with Gasteiger partial charge in [-0.3, -0.25) is 9.69 Å². The van der Waals surface area contributed by atoms with Crippen molar-refractivity contribution in [1.82, 2.24) is 19.8 Å². The molecule has 1 aromatic heterocycles. The van der Waals surface area contributed by atoms with E-state index in [2.05, 4.69) is 19.8 Å². The second-order valence-corrected chi connectivity index (χ2v) is 8.67. The molecule has 2 aliphatic rings. The van der Waals surface area contributed by atoms with Crippen LogP contribution in [-0.2, 0) is 6.42 Å². The average Bonchev–Trinajstić information content (AvgIpc) is 3.34. The number of piperidine rings is 1. The fraction of sp³-hybridized carbons (Fsp3) is 0.385. The van der Waals surface area contributed by atoms with Crippen LogP contribution in [-0.4, -0.2) is 58.5 Å². The quantitative estimate of drug-likeness (QED) is 0.644. The van der Waals surface area contributed by atoms with Gasteiger partial charge in [-0.05, 0) is 56.1 Å². The van der Waals surface area contributed by atoms with E-state index in [0.29, 0.717) is 12.5 Å². The summed E-state index contributed by atoms with van der Waals surface area (Å²) in [7, 11) is 0. The molecule has 1 atom stereocenters. The number of H-pyrrole nitrogens is 1. The Balaban J connectivity index is 1.24. The van der Waals surface area contributed by atoms with Gasteiger partial charge < -0.3 is 14.6 Å². The number of amides is 1. The van der Waals surface area contributed by atoms with Gasteiger partial charge in [0, 0.05) is 30.8 Å². The molecule has 0 saturated carbocycles. The van der Waals surface area contributed by atoms with Crippen LogP contribution in [0.5, 0.6) is 5.75 Å². The van der Waals surface area contributed by atoms with E-state index in [4.69, 9.17) is 4.74 Å². The molecule has 6 nitrogen and oxygen atoms in total. The number of carbonyl (C=O) groups excluding carboxylic acids is 1. The fourth-order valence-electron chi connectivity index (χ4n) is 5.06. The van der Waals surface area contributed by atoms with Crippen LogP contribution in [0.1, 0.15) is 40.6 Å². The molecule has 166 valence electrons. The van der Waals surface area contributed by atoms with Gasteiger partial charge in [0.25, 0.3) is 5.91 Å². The van der Waals surface area contributed by atoms with Crippen molar-refractivity contribution in [2.75, 3.05) is 32.8 Å². The molecule has 0 spiro atoms. The van der Waals surface area contributed by atoms with Gasteiger partial charge in [-0.15, -0.1) is 0 Å². The first kappa shape index (κ1) is 20.8. The summed E-state index contributed by atoms with van der Waals surface area (Å²) in [5, 5.41) is 0. The lowest BCUT2D eigenvalue weighted by Gasteiger charge is -2.43. The minimum atomic E-state index is 0.0421. The number of nitrogens with one attached hydrogen (secondary N) is 1. The molecule has 1 fully saturated rings. The number of hydrogen-bond acceptors (Lipinski definition) is 4. The Morgan fingerprint density at radius 1 is 1.00 bits per heavy atom. The van der Waals surface area contributed by atoms with E-state index >= 15 is 0 Å². The highest BCUT2D eigenvalue weighted by Gasteiger charge is 2.39. The Morgan fingerprint density at radius 2 is 1.72 bits per heavy atom. The van der Waals surface area contributed by atoms with Gasteiger partial charge in [-0.25, -0.2) is 4.98 Å². The molecule has 3 heterocycles. The highest BCUT2D eigenvalue weighted by Crippen LogP contribution is 2.39. The SMILES string of the molecule is O=C(c1ccccc1)N1CCc2[nH]cnc2C1C1CCN(CCOc2ccccc2)CC1. The smallest absolute Gasteiger partial charge is 0.254 e. The van der Waals surface area contributed by atoms with Crippen LogP contribution in [0.3, 0.4) is 0 Å². The van der Waals surface area contributed by atoms with Crippen molar-refractivity contribution in [3.63, 3.8) is 0 Å². The lowest BCUT2D eigenvalue weighted by Crippen LogP contribution is -2.46. The fourth-order valence-corrected chi connectivity index (χ4v) is 5.06. The highest BCUT2D eigenvalue weighted by atomic mass is 16.5. The third-order valence-corrected chi connectivity index (χ3v) is 6.75. The largest absolute Gasteiger partial charge is 0.492 e. The Kier molecular flexibility index (Phi) is 6.21. The number of aromatic amines is 1. The molecule has 1 unspecified atom stereocenters. The van der Waals surface area contributed by atoms with Crippen molar-refractivity contribution >= 4 is 5.91 Å². The van der Waals surface area contributed by atoms with E-state index in [0.717, 1.165) is 62.4 Å². The van der Waals surface area contributed by atoms with E-state index in [1.165, 1.54) is 5.69 Å². The predicted molar refractivity (Wildman–Crippen MR) is 124 cm³/mol. The second kappa shape index (κ2) is 9.57. The minimum Gasteiger partial charge on any atom is -0.492 e. The summed E-state index contributed by atoms with van der Waals surface area (Å²) < 4.78 is 5.88. The normalized spacial score (nSPS) is 19.5. The molecule has 0 radical (unpaired) electrons. The van der Waals surface area contributed by atoms with E-state index in [-0.39, 0.29) is 11.9 Å². The highest BCUT2D eigenvalue weighted by molar-refractivity contribution is 5.94. The number of benzene rings is 2. The van der Waals surface area contributed by atoms with Crippen LogP contribution < -0.4 is 4.74 Å². The van der Waals surface area contributed by atoms with Crippen LogP contribution in [0.2, 0.25) is 0 Å². The summed E-state index contributed by atoms with van der Waals surface area (Å²) in [5.41, 5.74) is 3.00. The molecule has 32 heavy (non-hydrogen) atoms. The predicted octanol–water partition coefficient (Wildman–Crippen LogP) is 3.94. The van der Waals surface area contributed by atoms with Gasteiger partial charge in [0.05, 0.1) is 18.1 Å². The number of carbonyl (C=O) groups is 1. The van der Waals surface area contributed by atoms with Crippen LogP contribution in [0.15, 0.2) is 67.0 Å². The number of fused-ring (bicyclic) bond motifs is 1. The van der Waals surface area contributed by atoms with Gasteiger partial charge in [0.15, 0.2) is 0 Å². The van der Waals surface area contributed by atoms with Crippen LogP contribution in [0, 0.1) is 5.92 Å². The molecule has 0 aliphatic carbocycles. The number of likely N-dealkylation sites (tertiary alicyclic amines) is 1. The molecular formula is C26H30N4O2. The first-order valence-corrected chi connectivity index (χ1v) is 11.6. The summed E-state index contributed by atoms with van der Waals surface area (Å²) in [6.07, 6.45) is 4.73.